The molecule has 0 saturated carbocycles. The number of hydrogen-bond donors (Lipinski definition) is 3. The fourth-order valence-corrected chi connectivity index (χ4v) is 2.17. The van der Waals surface area contributed by atoms with E-state index in [9.17, 15) is 20.1 Å². The molecular formula is C11H22O4. The maximum absolute atomic E-state index is 11.3. The molecule has 0 aromatic rings. The van der Waals surface area contributed by atoms with Gasteiger partial charge in [-0.1, -0.05) is 26.7 Å². The summed E-state index contributed by atoms with van der Waals surface area (Å²) >= 11 is 0. The number of aliphatic hydroxyl groups is 2. The third-order valence-corrected chi connectivity index (χ3v) is 3.58. The summed E-state index contributed by atoms with van der Waals surface area (Å²) in [4.78, 5) is 11.3. The number of rotatable bonds is 7. The van der Waals surface area contributed by atoms with E-state index >= 15 is 0 Å². The number of carbonyl (C=O) groups is 1. The van der Waals surface area contributed by atoms with Crippen molar-refractivity contribution in [1.29, 1.82) is 0 Å². The molecule has 3 N–H and O–H groups in total. The van der Waals surface area contributed by atoms with Gasteiger partial charge in [0.2, 0.25) is 0 Å². The molecule has 0 fully saturated rings. The number of carboxylic acid groups (broad SMARTS) is 1. The normalized spacial score (nSPS) is 19.3. The molecule has 0 spiro atoms. The van der Waals surface area contributed by atoms with Gasteiger partial charge in [-0.05, 0) is 18.8 Å². The number of carboxylic acids is 1. The fraction of sp³-hybridized carbons (Fsp3) is 0.909. The molecule has 0 aliphatic carbocycles. The van der Waals surface area contributed by atoms with Gasteiger partial charge in [0.1, 0.15) is 0 Å². The Morgan fingerprint density at radius 3 is 1.60 bits per heavy atom. The molecule has 4 nitrogen and oxygen atoms in total. The van der Waals surface area contributed by atoms with Crippen LogP contribution >= 0.6 is 0 Å². The molecule has 0 aliphatic heterocycles. The highest BCUT2D eigenvalue weighted by atomic mass is 16.4. The van der Waals surface area contributed by atoms with Crippen LogP contribution in [-0.2, 0) is 4.79 Å². The van der Waals surface area contributed by atoms with Crippen LogP contribution in [0.3, 0.4) is 0 Å². The van der Waals surface area contributed by atoms with Gasteiger partial charge in [-0.2, -0.15) is 0 Å². The summed E-state index contributed by atoms with van der Waals surface area (Å²) in [5.41, 5.74) is -1.05. The van der Waals surface area contributed by atoms with Crippen molar-refractivity contribution in [3.05, 3.63) is 0 Å². The zero-order valence-electron chi connectivity index (χ0n) is 9.73. The minimum absolute atomic E-state index is 0.157. The van der Waals surface area contributed by atoms with Gasteiger partial charge in [-0.25, -0.2) is 0 Å². The van der Waals surface area contributed by atoms with Crippen molar-refractivity contribution in [3.63, 3.8) is 0 Å². The number of aliphatic carboxylic acids is 1. The van der Waals surface area contributed by atoms with E-state index in [4.69, 9.17) is 0 Å². The third-order valence-electron chi connectivity index (χ3n) is 3.58. The van der Waals surface area contributed by atoms with E-state index in [-0.39, 0.29) is 25.0 Å². The Labute approximate surface area is 90.9 Å². The summed E-state index contributed by atoms with van der Waals surface area (Å²) in [5.74, 6) is -1.57. The maximum atomic E-state index is 11.3. The summed E-state index contributed by atoms with van der Waals surface area (Å²) in [6.07, 6.45) is 1.19. The average molecular weight is 218 g/mol. The van der Waals surface area contributed by atoms with Crippen LogP contribution in [0.5, 0.6) is 0 Å². The van der Waals surface area contributed by atoms with Gasteiger partial charge < -0.3 is 15.3 Å². The Kier molecular flexibility index (Phi) is 5.83. The lowest BCUT2D eigenvalue weighted by Crippen LogP contribution is -2.45. The summed E-state index contributed by atoms with van der Waals surface area (Å²) in [7, 11) is 0. The first-order chi connectivity index (χ1) is 6.98. The van der Waals surface area contributed by atoms with Gasteiger partial charge in [0.15, 0.2) is 0 Å². The Balaban J connectivity index is 5.10. The second-order valence-corrected chi connectivity index (χ2v) is 4.16. The highest BCUT2D eigenvalue weighted by Gasteiger charge is 2.45. The molecule has 0 aromatic heterocycles. The molecule has 90 valence electrons. The van der Waals surface area contributed by atoms with E-state index in [1.165, 1.54) is 0 Å². The first-order valence-electron chi connectivity index (χ1n) is 5.43. The standard InChI is InChI=1S/C11H22O4/c1-4-8(6-12)11(3,10(14)15)9(5-2)7-13/h8-9,12-13H,4-7H2,1-3H3,(H,14,15). The van der Waals surface area contributed by atoms with E-state index < -0.39 is 11.4 Å². The lowest BCUT2D eigenvalue weighted by Gasteiger charge is -2.38. The molecule has 0 heterocycles. The molecule has 2 unspecified atom stereocenters. The van der Waals surface area contributed by atoms with Gasteiger partial charge in [0.25, 0.3) is 0 Å². The molecule has 0 bridgehead atoms. The monoisotopic (exact) mass is 218 g/mol. The van der Waals surface area contributed by atoms with Gasteiger partial charge in [0.05, 0.1) is 5.41 Å². The molecular weight excluding hydrogens is 196 g/mol. The Morgan fingerprint density at radius 1 is 1.13 bits per heavy atom. The summed E-state index contributed by atoms with van der Waals surface area (Å²) in [5, 5.41) is 27.7. The van der Waals surface area contributed by atoms with Gasteiger partial charge in [0, 0.05) is 13.2 Å². The summed E-state index contributed by atoms with van der Waals surface area (Å²) in [6, 6.07) is 0. The van der Waals surface area contributed by atoms with Gasteiger partial charge >= 0.3 is 5.97 Å². The van der Waals surface area contributed by atoms with E-state index in [2.05, 4.69) is 0 Å². The highest BCUT2D eigenvalue weighted by Crippen LogP contribution is 2.39. The Hall–Kier alpha value is -0.610. The zero-order chi connectivity index (χ0) is 12.1. The first-order valence-corrected chi connectivity index (χ1v) is 5.43. The smallest absolute Gasteiger partial charge is 0.310 e. The molecule has 0 aliphatic rings. The van der Waals surface area contributed by atoms with Crippen LogP contribution in [0.15, 0.2) is 0 Å². The minimum Gasteiger partial charge on any atom is -0.481 e. The van der Waals surface area contributed by atoms with Crippen molar-refractivity contribution >= 4 is 5.97 Å². The quantitative estimate of drug-likeness (QED) is 0.598. The second-order valence-electron chi connectivity index (χ2n) is 4.16. The molecule has 2 atom stereocenters. The van der Waals surface area contributed by atoms with E-state index in [0.29, 0.717) is 12.8 Å². The van der Waals surface area contributed by atoms with E-state index in [0.717, 1.165) is 0 Å². The van der Waals surface area contributed by atoms with Gasteiger partial charge in [-0.3, -0.25) is 4.79 Å². The SMILES string of the molecule is CCC(CO)C(C)(C(=O)O)C(CC)CO. The van der Waals surface area contributed by atoms with Crippen LogP contribution in [-0.4, -0.2) is 34.5 Å². The molecule has 0 amide bonds. The van der Waals surface area contributed by atoms with Crippen LogP contribution < -0.4 is 0 Å². The molecule has 4 heteroatoms. The molecule has 0 rings (SSSR count). The molecule has 0 radical (unpaired) electrons. The fourth-order valence-electron chi connectivity index (χ4n) is 2.17. The Bertz CT molecular complexity index is 183. The Morgan fingerprint density at radius 2 is 1.47 bits per heavy atom. The van der Waals surface area contributed by atoms with Crippen LogP contribution in [0.4, 0.5) is 0 Å². The molecule has 15 heavy (non-hydrogen) atoms. The van der Waals surface area contributed by atoms with Crippen LogP contribution in [0, 0.1) is 17.3 Å². The van der Waals surface area contributed by atoms with Crippen LogP contribution in [0.1, 0.15) is 33.6 Å². The van der Waals surface area contributed by atoms with Crippen molar-refractivity contribution < 1.29 is 20.1 Å². The van der Waals surface area contributed by atoms with Crippen molar-refractivity contribution in [1.82, 2.24) is 0 Å². The topological polar surface area (TPSA) is 77.8 Å². The largest absolute Gasteiger partial charge is 0.481 e. The van der Waals surface area contributed by atoms with E-state index in [1.807, 2.05) is 13.8 Å². The average Bonchev–Trinajstić information content (AvgIpc) is 2.21. The highest BCUT2D eigenvalue weighted by molar-refractivity contribution is 5.75. The lowest BCUT2D eigenvalue weighted by atomic mass is 9.66. The van der Waals surface area contributed by atoms with Crippen molar-refractivity contribution in [3.8, 4) is 0 Å². The predicted molar refractivity (Wildman–Crippen MR) is 57.5 cm³/mol. The van der Waals surface area contributed by atoms with Crippen LogP contribution in [0.2, 0.25) is 0 Å². The minimum atomic E-state index is -1.05. The summed E-state index contributed by atoms with van der Waals surface area (Å²) < 4.78 is 0. The van der Waals surface area contributed by atoms with Crippen molar-refractivity contribution in [2.45, 2.75) is 33.6 Å². The first kappa shape index (κ1) is 14.4. The second kappa shape index (κ2) is 6.08. The van der Waals surface area contributed by atoms with Crippen molar-refractivity contribution in [2.24, 2.45) is 17.3 Å². The summed E-state index contributed by atoms with van der Waals surface area (Å²) in [6.45, 7) is 5.01. The third kappa shape index (κ3) is 2.69. The maximum Gasteiger partial charge on any atom is 0.310 e. The van der Waals surface area contributed by atoms with Gasteiger partial charge in [-0.15, -0.1) is 0 Å². The van der Waals surface area contributed by atoms with Crippen molar-refractivity contribution in [2.75, 3.05) is 13.2 Å². The number of aliphatic hydroxyl groups excluding tert-OH is 2. The lowest BCUT2D eigenvalue weighted by molar-refractivity contribution is -0.159. The molecule has 0 saturated heterocycles. The van der Waals surface area contributed by atoms with Crippen LogP contribution in [0.25, 0.3) is 0 Å². The zero-order valence-corrected chi connectivity index (χ0v) is 9.73. The van der Waals surface area contributed by atoms with E-state index in [1.54, 1.807) is 6.92 Å². The molecule has 0 aromatic carbocycles. The number of hydrogen-bond acceptors (Lipinski definition) is 3. The predicted octanol–water partition coefficient (Wildman–Crippen LogP) is 1.11.